The number of anilines is 1. The highest BCUT2D eigenvalue weighted by atomic mass is 15.0. The number of hydrogen-bond acceptors (Lipinski definition) is 1. The lowest BCUT2D eigenvalue weighted by molar-refractivity contribution is 0.823. The van der Waals surface area contributed by atoms with Crippen molar-refractivity contribution in [2.75, 3.05) is 5.32 Å². The topological polar surface area (TPSA) is 12.0 Å². The van der Waals surface area contributed by atoms with Crippen molar-refractivity contribution in [3.8, 4) is 0 Å². The average molecular weight is 251 g/mol. The van der Waals surface area contributed by atoms with Crippen LogP contribution in [0.3, 0.4) is 0 Å². The standard InChI is InChI=1S/C18H21N/c1-3-13-8-10-15(11-9-13)17-12-16-7-5-6-14(4-2)18(16)19-17/h5-11,17,19H,3-4,12H2,1-2H3. The Morgan fingerprint density at radius 1 is 1.00 bits per heavy atom. The van der Waals surface area contributed by atoms with E-state index in [1.807, 2.05) is 0 Å². The first-order chi connectivity index (χ1) is 9.31. The molecule has 1 nitrogen and oxygen atoms in total. The first-order valence-corrected chi connectivity index (χ1v) is 7.28. The molecule has 1 aliphatic heterocycles. The first-order valence-electron chi connectivity index (χ1n) is 7.28. The molecule has 0 saturated carbocycles. The van der Waals surface area contributed by atoms with E-state index in [9.17, 15) is 0 Å². The molecule has 0 radical (unpaired) electrons. The molecule has 1 N–H and O–H groups in total. The predicted octanol–water partition coefficient (Wildman–Crippen LogP) is 4.52. The van der Waals surface area contributed by atoms with Crippen molar-refractivity contribution >= 4 is 5.69 Å². The molecule has 1 unspecified atom stereocenters. The number of nitrogens with one attached hydrogen (secondary N) is 1. The summed E-state index contributed by atoms with van der Waals surface area (Å²) in [5.41, 5.74) is 7.08. The number of para-hydroxylation sites is 1. The Labute approximate surface area is 115 Å². The van der Waals surface area contributed by atoms with Crippen LogP contribution >= 0.6 is 0 Å². The van der Waals surface area contributed by atoms with Crippen LogP contribution in [0.15, 0.2) is 42.5 Å². The van der Waals surface area contributed by atoms with E-state index in [0.717, 1.165) is 19.3 Å². The molecule has 0 saturated heterocycles. The third-order valence-electron chi connectivity index (χ3n) is 4.15. The smallest absolute Gasteiger partial charge is 0.0555 e. The van der Waals surface area contributed by atoms with Gasteiger partial charge in [0, 0.05) is 5.69 Å². The fourth-order valence-electron chi connectivity index (χ4n) is 2.94. The third kappa shape index (κ3) is 2.25. The molecule has 0 bridgehead atoms. The van der Waals surface area contributed by atoms with E-state index in [2.05, 4.69) is 61.6 Å². The van der Waals surface area contributed by atoms with Gasteiger partial charge in [-0.25, -0.2) is 0 Å². The van der Waals surface area contributed by atoms with Gasteiger partial charge in [-0.3, -0.25) is 0 Å². The molecule has 1 heterocycles. The molecule has 2 aromatic rings. The Bertz CT molecular complexity index is 569. The fourth-order valence-corrected chi connectivity index (χ4v) is 2.94. The number of hydrogen-bond donors (Lipinski definition) is 1. The largest absolute Gasteiger partial charge is 0.377 e. The molecule has 1 aliphatic rings. The molecule has 0 aromatic heterocycles. The Hall–Kier alpha value is -1.76. The maximum Gasteiger partial charge on any atom is 0.0555 e. The van der Waals surface area contributed by atoms with E-state index in [0.29, 0.717) is 6.04 Å². The maximum absolute atomic E-state index is 3.71. The van der Waals surface area contributed by atoms with Crippen LogP contribution in [0.1, 0.15) is 42.1 Å². The zero-order valence-corrected chi connectivity index (χ0v) is 11.7. The highest BCUT2D eigenvalue weighted by Crippen LogP contribution is 2.36. The van der Waals surface area contributed by atoms with Crippen LogP contribution in [-0.4, -0.2) is 0 Å². The lowest BCUT2D eigenvalue weighted by atomic mass is 10.0. The SMILES string of the molecule is CCc1ccc(C2Cc3cccc(CC)c3N2)cc1. The minimum atomic E-state index is 0.439. The van der Waals surface area contributed by atoms with Gasteiger partial charge in [-0.05, 0) is 41.5 Å². The van der Waals surface area contributed by atoms with Crippen molar-refractivity contribution in [1.82, 2.24) is 0 Å². The molecule has 19 heavy (non-hydrogen) atoms. The number of aryl methyl sites for hydroxylation is 2. The summed E-state index contributed by atoms with van der Waals surface area (Å²) in [4.78, 5) is 0. The molecule has 0 fully saturated rings. The van der Waals surface area contributed by atoms with Crippen molar-refractivity contribution in [2.45, 2.75) is 39.2 Å². The summed E-state index contributed by atoms with van der Waals surface area (Å²) in [6, 6.07) is 16.1. The molecular weight excluding hydrogens is 230 g/mol. The summed E-state index contributed by atoms with van der Waals surface area (Å²) in [6.07, 6.45) is 3.31. The molecule has 0 spiro atoms. The van der Waals surface area contributed by atoms with Gasteiger partial charge in [0.1, 0.15) is 0 Å². The van der Waals surface area contributed by atoms with Crippen molar-refractivity contribution in [3.63, 3.8) is 0 Å². The molecule has 3 rings (SSSR count). The van der Waals surface area contributed by atoms with Crippen LogP contribution in [0.2, 0.25) is 0 Å². The zero-order chi connectivity index (χ0) is 13.2. The first kappa shape index (κ1) is 12.3. The number of rotatable bonds is 3. The van der Waals surface area contributed by atoms with E-state index >= 15 is 0 Å². The summed E-state index contributed by atoms with van der Waals surface area (Å²) in [5, 5.41) is 3.71. The second kappa shape index (κ2) is 5.08. The van der Waals surface area contributed by atoms with Gasteiger partial charge in [-0.1, -0.05) is 56.3 Å². The minimum Gasteiger partial charge on any atom is -0.377 e. The summed E-state index contributed by atoms with van der Waals surface area (Å²) in [7, 11) is 0. The van der Waals surface area contributed by atoms with E-state index in [-0.39, 0.29) is 0 Å². The van der Waals surface area contributed by atoms with Gasteiger partial charge >= 0.3 is 0 Å². The molecule has 2 aromatic carbocycles. The van der Waals surface area contributed by atoms with Gasteiger partial charge in [-0.2, -0.15) is 0 Å². The van der Waals surface area contributed by atoms with Gasteiger partial charge in [0.05, 0.1) is 6.04 Å². The van der Waals surface area contributed by atoms with Crippen LogP contribution in [0.4, 0.5) is 5.69 Å². The van der Waals surface area contributed by atoms with Gasteiger partial charge in [-0.15, -0.1) is 0 Å². The highest BCUT2D eigenvalue weighted by Gasteiger charge is 2.23. The van der Waals surface area contributed by atoms with Crippen molar-refractivity contribution in [1.29, 1.82) is 0 Å². The van der Waals surface area contributed by atoms with E-state index < -0.39 is 0 Å². The van der Waals surface area contributed by atoms with E-state index in [1.54, 1.807) is 0 Å². The van der Waals surface area contributed by atoms with Crippen molar-refractivity contribution in [2.24, 2.45) is 0 Å². The molecule has 0 amide bonds. The van der Waals surface area contributed by atoms with Crippen LogP contribution in [0.5, 0.6) is 0 Å². The molecule has 0 aliphatic carbocycles. The zero-order valence-electron chi connectivity index (χ0n) is 11.7. The molecule has 1 atom stereocenters. The second-order valence-corrected chi connectivity index (χ2v) is 5.30. The van der Waals surface area contributed by atoms with E-state index in [1.165, 1.54) is 27.9 Å². The van der Waals surface area contributed by atoms with Gasteiger partial charge in [0.2, 0.25) is 0 Å². The highest BCUT2D eigenvalue weighted by molar-refractivity contribution is 5.63. The fraction of sp³-hybridized carbons (Fsp3) is 0.333. The van der Waals surface area contributed by atoms with Crippen molar-refractivity contribution in [3.05, 3.63) is 64.7 Å². The molecular formula is C18H21N. The summed E-state index contributed by atoms with van der Waals surface area (Å²) >= 11 is 0. The van der Waals surface area contributed by atoms with Crippen molar-refractivity contribution < 1.29 is 0 Å². The van der Waals surface area contributed by atoms with Crippen LogP contribution < -0.4 is 5.32 Å². The minimum absolute atomic E-state index is 0.439. The van der Waals surface area contributed by atoms with E-state index in [4.69, 9.17) is 0 Å². The summed E-state index contributed by atoms with van der Waals surface area (Å²) < 4.78 is 0. The Balaban J connectivity index is 1.86. The van der Waals surface area contributed by atoms with Gasteiger partial charge in [0.15, 0.2) is 0 Å². The number of fused-ring (bicyclic) bond motifs is 1. The summed E-state index contributed by atoms with van der Waals surface area (Å²) in [6.45, 7) is 4.42. The summed E-state index contributed by atoms with van der Waals surface area (Å²) in [5.74, 6) is 0. The average Bonchev–Trinajstić information content (AvgIpc) is 2.91. The lowest BCUT2D eigenvalue weighted by Gasteiger charge is -2.13. The normalized spacial score (nSPS) is 17.1. The predicted molar refractivity (Wildman–Crippen MR) is 81.7 cm³/mol. The monoisotopic (exact) mass is 251 g/mol. The van der Waals surface area contributed by atoms with Gasteiger partial charge < -0.3 is 5.32 Å². The molecule has 98 valence electrons. The Morgan fingerprint density at radius 2 is 1.79 bits per heavy atom. The Morgan fingerprint density at radius 3 is 2.47 bits per heavy atom. The Kier molecular flexibility index (Phi) is 3.29. The lowest BCUT2D eigenvalue weighted by Crippen LogP contribution is -2.06. The number of benzene rings is 2. The molecule has 1 heteroatoms. The van der Waals surface area contributed by atoms with Gasteiger partial charge in [0.25, 0.3) is 0 Å². The van der Waals surface area contributed by atoms with Crippen LogP contribution in [0.25, 0.3) is 0 Å². The van der Waals surface area contributed by atoms with Crippen LogP contribution in [-0.2, 0) is 19.3 Å². The second-order valence-electron chi connectivity index (χ2n) is 5.30. The maximum atomic E-state index is 3.71. The quantitative estimate of drug-likeness (QED) is 0.845. The van der Waals surface area contributed by atoms with Crippen LogP contribution in [0, 0.1) is 0 Å². The third-order valence-corrected chi connectivity index (χ3v) is 4.15.